The van der Waals surface area contributed by atoms with Crippen molar-refractivity contribution in [1.29, 1.82) is 5.26 Å². The molecule has 0 unspecified atom stereocenters. The smallest absolute Gasteiger partial charge is 0.341 e. The van der Waals surface area contributed by atoms with Crippen molar-refractivity contribution in [2.45, 2.75) is 20.8 Å². The Balaban J connectivity index is 2.29. The number of benzene rings is 1. The predicted molar refractivity (Wildman–Crippen MR) is 105 cm³/mol. The van der Waals surface area contributed by atoms with Crippen LogP contribution in [0.4, 0.5) is 5.00 Å². The SMILES string of the molecule is CCOC(=O)c1c(NC(=O)/C(C#N)=C/c2ccc(OC)cc2)sc(C)c1C. The van der Waals surface area contributed by atoms with E-state index in [2.05, 4.69) is 5.32 Å². The van der Waals surface area contributed by atoms with E-state index in [4.69, 9.17) is 9.47 Å². The van der Waals surface area contributed by atoms with Crippen LogP contribution in [0.15, 0.2) is 29.8 Å². The molecule has 2 rings (SSSR count). The third-order valence-corrected chi connectivity index (χ3v) is 5.01. The van der Waals surface area contributed by atoms with Gasteiger partial charge in [-0.1, -0.05) is 12.1 Å². The van der Waals surface area contributed by atoms with E-state index < -0.39 is 11.9 Å². The molecule has 0 atom stereocenters. The highest BCUT2D eigenvalue weighted by molar-refractivity contribution is 7.16. The van der Waals surface area contributed by atoms with Gasteiger partial charge in [-0.3, -0.25) is 4.79 Å². The Morgan fingerprint density at radius 1 is 1.26 bits per heavy atom. The topological polar surface area (TPSA) is 88.4 Å². The normalized spacial score (nSPS) is 10.9. The number of carbonyl (C=O) groups is 2. The fourth-order valence-electron chi connectivity index (χ4n) is 2.35. The standard InChI is InChI=1S/C20H20N2O4S/c1-5-26-20(24)17-12(2)13(3)27-19(17)22-18(23)15(11-21)10-14-6-8-16(25-4)9-7-14/h6-10H,5H2,1-4H3,(H,22,23)/b15-10+. The van der Waals surface area contributed by atoms with Gasteiger partial charge in [-0.15, -0.1) is 11.3 Å². The lowest BCUT2D eigenvalue weighted by molar-refractivity contribution is -0.112. The maximum Gasteiger partial charge on any atom is 0.341 e. The number of anilines is 1. The number of thiophene rings is 1. The van der Waals surface area contributed by atoms with Crippen LogP contribution < -0.4 is 10.1 Å². The zero-order chi connectivity index (χ0) is 20.0. The second-order valence-electron chi connectivity index (χ2n) is 5.60. The van der Waals surface area contributed by atoms with Crippen molar-refractivity contribution in [3.63, 3.8) is 0 Å². The summed E-state index contributed by atoms with van der Waals surface area (Å²) in [6, 6.07) is 8.87. The molecule has 0 aliphatic rings. The highest BCUT2D eigenvalue weighted by Crippen LogP contribution is 2.33. The Kier molecular flexibility index (Phi) is 6.74. The number of hydrogen-bond acceptors (Lipinski definition) is 6. The van der Waals surface area contributed by atoms with Gasteiger partial charge in [-0.05, 0) is 50.1 Å². The first-order chi connectivity index (χ1) is 12.9. The number of carbonyl (C=O) groups excluding carboxylic acids is 2. The molecule has 1 amide bonds. The Morgan fingerprint density at radius 3 is 2.48 bits per heavy atom. The van der Waals surface area contributed by atoms with E-state index in [-0.39, 0.29) is 12.2 Å². The van der Waals surface area contributed by atoms with Gasteiger partial charge in [-0.2, -0.15) is 5.26 Å². The van der Waals surface area contributed by atoms with Gasteiger partial charge in [0.25, 0.3) is 5.91 Å². The van der Waals surface area contributed by atoms with Crippen molar-refractivity contribution < 1.29 is 19.1 Å². The quantitative estimate of drug-likeness (QED) is 0.460. The van der Waals surface area contributed by atoms with Gasteiger partial charge in [-0.25, -0.2) is 4.79 Å². The molecule has 0 saturated carbocycles. The van der Waals surface area contributed by atoms with E-state index in [1.165, 1.54) is 17.4 Å². The van der Waals surface area contributed by atoms with Crippen molar-refractivity contribution in [3.8, 4) is 11.8 Å². The molecule has 0 spiro atoms. The molecule has 7 heteroatoms. The van der Waals surface area contributed by atoms with E-state index in [1.54, 1.807) is 45.2 Å². The van der Waals surface area contributed by atoms with Crippen LogP contribution >= 0.6 is 11.3 Å². The van der Waals surface area contributed by atoms with Gasteiger partial charge in [0.15, 0.2) is 0 Å². The largest absolute Gasteiger partial charge is 0.497 e. The van der Waals surface area contributed by atoms with Crippen LogP contribution in [0.1, 0.15) is 33.3 Å². The van der Waals surface area contributed by atoms with E-state index in [1.807, 2.05) is 13.0 Å². The Labute approximate surface area is 162 Å². The number of aryl methyl sites for hydroxylation is 1. The summed E-state index contributed by atoms with van der Waals surface area (Å²) in [6.07, 6.45) is 1.48. The molecule has 0 fully saturated rings. The fraction of sp³-hybridized carbons (Fsp3) is 0.250. The van der Waals surface area contributed by atoms with Gasteiger partial charge >= 0.3 is 5.97 Å². The minimum absolute atomic E-state index is 0.0707. The minimum Gasteiger partial charge on any atom is -0.497 e. The first kappa shape index (κ1) is 20.2. The monoisotopic (exact) mass is 384 g/mol. The number of nitrogens with zero attached hydrogens (tertiary/aromatic N) is 1. The molecule has 0 aliphatic carbocycles. The molecular formula is C20H20N2O4S. The first-order valence-electron chi connectivity index (χ1n) is 8.25. The van der Waals surface area contributed by atoms with Crippen molar-refractivity contribution in [2.75, 3.05) is 19.0 Å². The second kappa shape index (κ2) is 9.01. The summed E-state index contributed by atoms with van der Waals surface area (Å²) < 4.78 is 10.2. The van der Waals surface area contributed by atoms with Gasteiger partial charge in [0.05, 0.1) is 19.3 Å². The predicted octanol–water partition coefficient (Wildman–Crippen LogP) is 4.10. The molecule has 27 heavy (non-hydrogen) atoms. The summed E-state index contributed by atoms with van der Waals surface area (Å²) in [5.74, 6) is -0.397. The zero-order valence-electron chi connectivity index (χ0n) is 15.6. The summed E-state index contributed by atoms with van der Waals surface area (Å²) in [4.78, 5) is 25.7. The Hall–Kier alpha value is -3.11. The second-order valence-corrected chi connectivity index (χ2v) is 6.83. The number of hydrogen-bond donors (Lipinski definition) is 1. The molecular weight excluding hydrogens is 364 g/mol. The molecule has 1 N–H and O–H groups in total. The molecule has 1 aromatic heterocycles. The van der Waals surface area contributed by atoms with Crippen LogP contribution in [0.3, 0.4) is 0 Å². The van der Waals surface area contributed by atoms with Crippen molar-refractivity contribution in [1.82, 2.24) is 0 Å². The van der Waals surface area contributed by atoms with Gasteiger partial charge in [0.2, 0.25) is 0 Å². The van der Waals surface area contributed by atoms with E-state index >= 15 is 0 Å². The summed E-state index contributed by atoms with van der Waals surface area (Å²) in [7, 11) is 1.56. The maximum atomic E-state index is 12.6. The lowest BCUT2D eigenvalue weighted by Crippen LogP contribution is -2.16. The van der Waals surface area contributed by atoms with Crippen molar-refractivity contribution in [3.05, 3.63) is 51.4 Å². The van der Waals surface area contributed by atoms with Crippen LogP contribution in [0.25, 0.3) is 6.08 Å². The maximum absolute atomic E-state index is 12.6. The molecule has 0 aliphatic heterocycles. The molecule has 2 aromatic rings. The van der Waals surface area contributed by atoms with Gasteiger partial charge in [0.1, 0.15) is 22.4 Å². The van der Waals surface area contributed by atoms with Crippen molar-refractivity contribution >= 4 is 34.3 Å². The lowest BCUT2D eigenvalue weighted by atomic mass is 10.1. The van der Waals surface area contributed by atoms with Crippen LogP contribution in [0.2, 0.25) is 0 Å². The molecule has 6 nitrogen and oxygen atoms in total. The van der Waals surface area contributed by atoms with E-state index in [0.717, 1.165) is 10.4 Å². The molecule has 140 valence electrons. The average molecular weight is 384 g/mol. The molecule has 0 radical (unpaired) electrons. The number of ether oxygens (including phenoxy) is 2. The summed E-state index contributed by atoms with van der Waals surface area (Å²) in [5, 5.41) is 12.4. The fourth-order valence-corrected chi connectivity index (χ4v) is 3.39. The average Bonchev–Trinajstić information content (AvgIpc) is 2.93. The summed E-state index contributed by atoms with van der Waals surface area (Å²) in [5.41, 5.74) is 1.70. The Morgan fingerprint density at radius 2 is 1.93 bits per heavy atom. The number of amides is 1. The molecule has 0 saturated heterocycles. The summed E-state index contributed by atoms with van der Waals surface area (Å²) in [6.45, 7) is 5.61. The van der Waals surface area contributed by atoms with E-state index in [9.17, 15) is 14.9 Å². The number of nitrogens with one attached hydrogen (secondary N) is 1. The lowest BCUT2D eigenvalue weighted by Gasteiger charge is -2.07. The van der Waals surface area contributed by atoms with Crippen LogP contribution in [-0.2, 0) is 9.53 Å². The van der Waals surface area contributed by atoms with Crippen LogP contribution in [-0.4, -0.2) is 25.6 Å². The minimum atomic E-state index is -0.583. The third kappa shape index (κ3) is 4.74. The first-order valence-corrected chi connectivity index (χ1v) is 9.07. The molecule has 0 bridgehead atoms. The van der Waals surface area contributed by atoms with E-state index in [0.29, 0.717) is 21.9 Å². The van der Waals surface area contributed by atoms with Crippen LogP contribution in [0.5, 0.6) is 5.75 Å². The van der Waals surface area contributed by atoms with Gasteiger partial charge < -0.3 is 14.8 Å². The van der Waals surface area contributed by atoms with Crippen LogP contribution in [0, 0.1) is 25.2 Å². The number of methoxy groups -OCH3 is 1. The third-order valence-electron chi connectivity index (χ3n) is 3.88. The Bertz CT molecular complexity index is 921. The number of esters is 1. The highest BCUT2D eigenvalue weighted by Gasteiger charge is 2.23. The summed E-state index contributed by atoms with van der Waals surface area (Å²) >= 11 is 1.28. The van der Waals surface area contributed by atoms with Crippen molar-refractivity contribution in [2.24, 2.45) is 0 Å². The molecule has 1 aromatic carbocycles. The van der Waals surface area contributed by atoms with Gasteiger partial charge in [0, 0.05) is 4.88 Å². The highest BCUT2D eigenvalue weighted by atomic mass is 32.1. The number of rotatable bonds is 6. The molecule has 1 heterocycles. The zero-order valence-corrected chi connectivity index (χ0v) is 16.4. The number of nitriles is 1.